The Morgan fingerprint density at radius 1 is 1.11 bits per heavy atom. The van der Waals surface area contributed by atoms with E-state index in [0.29, 0.717) is 21.3 Å². The van der Waals surface area contributed by atoms with Gasteiger partial charge in [0.1, 0.15) is 5.75 Å². The Morgan fingerprint density at radius 3 is 2.60 bits per heavy atom. The third kappa shape index (κ3) is 5.40. The summed E-state index contributed by atoms with van der Waals surface area (Å²) in [5, 5.41) is 13.2. The van der Waals surface area contributed by atoms with Gasteiger partial charge in [-0.2, -0.15) is 22.9 Å². The Morgan fingerprint density at radius 2 is 1.89 bits per heavy atom. The highest BCUT2D eigenvalue weighted by Gasteiger charge is 2.31. The Labute approximate surface area is 204 Å². The third-order valence-corrected chi connectivity index (χ3v) is 5.45. The first-order chi connectivity index (χ1) is 16.6. The van der Waals surface area contributed by atoms with E-state index in [9.17, 15) is 22.8 Å². The highest BCUT2D eigenvalue weighted by molar-refractivity contribution is 9.10. The van der Waals surface area contributed by atoms with Crippen molar-refractivity contribution in [3.63, 3.8) is 0 Å². The minimum absolute atomic E-state index is 0.0588. The molecule has 0 atom stereocenters. The van der Waals surface area contributed by atoms with Gasteiger partial charge in [0, 0.05) is 5.56 Å². The molecule has 7 nitrogen and oxygen atoms in total. The number of aliphatic carboxylic acids is 1. The summed E-state index contributed by atoms with van der Waals surface area (Å²) in [5.74, 6) is -0.900. The van der Waals surface area contributed by atoms with Gasteiger partial charge in [-0.3, -0.25) is 4.79 Å². The molecule has 0 aliphatic rings. The molecular formula is C24H15BrF3N3O4. The lowest BCUT2D eigenvalue weighted by molar-refractivity contribution is -0.139. The summed E-state index contributed by atoms with van der Waals surface area (Å²) >= 11 is 3.28. The number of hydrogen-bond donors (Lipinski definition) is 1. The van der Waals surface area contributed by atoms with Crippen molar-refractivity contribution in [1.82, 2.24) is 9.66 Å². The van der Waals surface area contributed by atoms with Crippen LogP contribution >= 0.6 is 15.9 Å². The van der Waals surface area contributed by atoms with Gasteiger partial charge in [0.15, 0.2) is 12.4 Å². The zero-order chi connectivity index (χ0) is 25.2. The van der Waals surface area contributed by atoms with Crippen molar-refractivity contribution in [3.8, 4) is 17.1 Å². The van der Waals surface area contributed by atoms with Gasteiger partial charge in [0.05, 0.1) is 27.2 Å². The Kier molecular flexibility index (Phi) is 6.70. The molecule has 178 valence electrons. The molecule has 0 saturated carbocycles. The molecule has 0 aliphatic carbocycles. The number of alkyl halides is 3. The van der Waals surface area contributed by atoms with Crippen LogP contribution in [0, 0.1) is 0 Å². The van der Waals surface area contributed by atoms with Gasteiger partial charge in [-0.15, -0.1) is 0 Å². The Bertz CT molecular complexity index is 1520. The summed E-state index contributed by atoms with van der Waals surface area (Å²) in [7, 11) is 0. The maximum Gasteiger partial charge on any atom is 0.416 e. The van der Waals surface area contributed by atoms with Crippen LogP contribution in [0.1, 0.15) is 11.1 Å². The molecule has 1 aromatic heterocycles. The van der Waals surface area contributed by atoms with Gasteiger partial charge >= 0.3 is 12.1 Å². The quantitative estimate of drug-likeness (QED) is 0.336. The second-order valence-corrected chi connectivity index (χ2v) is 8.12. The first-order valence-electron chi connectivity index (χ1n) is 10.0. The van der Waals surface area contributed by atoms with Crippen LogP contribution in [-0.4, -0.2) is 33.6 Å². The molecular weight excluding hydrogens is 531 g/mol. The van der Waals surface area contributed by atoms with E-state index in [2.05, 4.69) is 26.0 Å². The minimum Gasteiger partial charge on any atom is -0.481 e. The van der Waals surface area contributed by atoms with Crippen LogP contribution in [0.15, 0.2) is 81.1 Å². The molecule has 35 heavy (non-hydrogen) atoms. The zero-order valence-electron chi connectivity index (χ0n) is 17.7. The number of aromatic nitrogens is 2. The number of para-hydroxylation sites is 1. The van der Waals surface area contributed by atoms with E-state index in [1.807, 2.05) is 0 Å². The first-order valence-corrected chi connectivity index (χ1v) is 10.8. The number of carboxylic acids is 1. The van der Waals surface area contributed by atoms with Crippen LogP contribution in [0.4, 0.5) is 13.2 Å². The standard InChI is InChI=1S/C24H15BrF3N3O4/c25-18-10-14(8-9-20(18)35-13-21(32)33)12-29-31-22(15-4-3-5-16(11-15)24(26,27)28)30-19-7-2-1-6-17(19)23(31)34/h1-12H,13H2,(H,32,33). The highest BCUT2D eigenvalue weighted by atomic mass is 79.9. The van der Waals surface area contributed by atoms with Crippen molar-refractivity contribution < 1.29 is 27.8 Å². The van der Waals surface area contributed by atoms with Gasteiger partial charge < -0.3 is 9.84 Å². The Hall–Kier alpha value is -3.99. The highest BCUT2D eigenvalue weighted by Crippen LogP contribution is 2.32. The average Bonchev–Trinajstić information content (AvgIpc) is 2.82. The summed E-state index contributed by atoms with van der Waals surface area (Å²) < 4.78 is 46.4. The molecule has 0 bridgehead atoms. The predicted octanol–water partition coefficient (Wildman–Crippen LogP) is 5.19. The summed E-state index contributed by atoms with van der Waals surface area (Å²) in [5.41, 5.74) is -0.541. The van der Waals surface area contributed by atoms with Gasteiger partial charge in [-0.1, -0.05) is 24.3 Å². The summed E-state index contributed by atoms with van der Waals surface area (Å²) in [4.78, 5) is 28.3. The van der Waals surface area contributed by atoms with E-state index < -0.39 is 29.9 Å². The van der Waals surface area contributed by atoms with Crippen LogP contribution in [-0.2, 0) is 11.0 Å². The fraction of sp³-hybridized carbons (Fsp3) is 0.0833. The van der Waals surface area contributed by atoms with Crippen LogP contribution in [0.3, 0.4) is 0 Å². The van der Waals surface area contributed by atoms with Gasteiger partial charge in [0.25, 0.3) is 5.56 Å². The number of fused-ring (bicyclic) bond motifs is 1. The van der Waals surface area contributed by atoms with Crippen LogP contribution in [0.5, 0.6) is 5.75 Å². The number of carbonyl (C=O) groups is 1. The van der Waals surface area contributed by atoms with Crippen molar-refractivity contribution in [2.45, 2.75) is 6.18 Å². The summed E-state index contributed by atoms with van der Waals surface area (Å²) in [6, 6.07) is 15.6. The molecule has 4 rings (SSSR count). The lowest BCUT2D eigenvalue weighted by atomic mass is 10.1. The lowest BCUT2D eigenvalue weighted by Crippen LogP contribution is -2.20. The van der Waals surface area contributed by atoms with Crippen LogP contribution in [0.2, 0.25) is 0 Å². The topological polar surface area (TPSA) is 93.8 Å². The third-order valence-electron chi connectivity index (χ3n) is 4.83. The van der Waals surface area contributed by atoms with Crippen LogP contribution in [0.25, 0.3) is 22.3 Å². The van der Waals surface area contributed by atoms with E-state index in [1.165, 1.54) is 24.4 Å². The average molecular weight is 546 g/mol. The fourth-order valence-corrected chi connectivity index (χ4v) is 3.74. The number of ether oxygens (including phenoxy) is 1. The molecule has 3 aromatic carbocycles. The van der Waals surface area contributed by atoms with E-state index in [-0.39, 0.29) is 16.8 Å². The second-order valence-electron chi connectivity index (χ2n) is 7.26. The molecule has 0 amide bonds. The van der Waals surface area contributed by atoms with Crippen molar-refractivity contribution in [2.24, 2.45) is 5.10 Å². The van der Waals surface area contributed by atoms with Gasteiger partial charge in [-0.05, 0) is 64.0 Å². The van der Waals surface area contributed by atoms with E-state index in [0.717, 1.165) is 16.8 Å². The maximum atomic E-state index is 13.3. The molecule has 0 unspecified atom stereocenters. The first kappa shape index (κ1) is 24.1. The fourth-order valence-electron chi connectivity index (χ4n) is 3.23. The number of rotatable bonds is 6. The van der Waals surface area contributed by atoms with Crippen LogP contribution < -0.4 is 10.3 Å². The maximum absolute atomic E-state index is 13.3. The largest absolute Gasteiger partial charge is 0.481 e. The molecule has 1 heterocycles. The second kappa shape index (κ2) is 9.71. The predicted molar refractivity (Wildman–Crippen MR) is 127 cm³/mol. The van der Waals surface area contributed by atoms with Crippen molar-refractivity contribution >= 4 is 39.0 Å². The minimum atomic E-state index is -4.57. The smallest absolute Gasteiger partial charge is 0.416 e. The summed E-state index contributed by atoms with van der Waals surface area (Å²) in [6.07, 6.45) is -3.24. The normalized spacial score (nSPS) is 11.8. The van der Waals surface area contributed by atoms with Crippen molar-refractivity contribution in [1.29, 1.82) is 0 Å². The summed E-state index contributed by atoms with van der Waals surface area (Å²) in [6.45, 7) is -0.523. The van der Waals surface area contributed by atoms with Crippen molar-refractivity contribution in [2.75, 3.05) is 6.61 Å². The Balaban J connectivity index is 1.81. The number of hydrogen-bond acceptors (Lipinski definition) is 5. The zero-order valence-corrected chi connectivity index (χ0v) is 19.2. The van der Waals surface area contributed by atoms with E-state index >= 15 is 0 Å². The molecule has 0 spiro atoms. The number of benzene rings is 3. The monoisotopic (exact) mass is 545 g/mol. The molecule has 0 radical (unpaired) electrons. The number of nitrogens with zero attached hydrogens (tertiary/aromatic N) is 3. The lowest BCUT2D eigenvalue weighted by Gasteiger charge is -2.12. The molecule has 1 N–H and O–H groups in total. The van der Waals surface area contributed by atoms with Gasteiger partial charge in [0.2, 0.25) is 0 Å². The molecule has 4 aromatic rings. The van der Waals surface area contributed by atoms with E-state index in [1.54, 1.807) is 36.4 Å². The molecule has 11 heteroatoms. The number of carboxylic acid groups (broad SMARTS) is 1. The van der Waals surface area contributed by atoms with Crippen molar-refractivity contribution in [3.05, 3.63) is 92.7 Å². The molecule has 0 aliphatic heterocycles. The molecule has 0 fully saturated rings. The van der Waals surface area contributed by atoms with Gasteiger partial charge in [-0.25, -0.2) is 9.78 Å². The molecule has 0 saturated heterocycles. The number of halogens is 4. The van der Waals surface area contributed by atoms with E-state index in [4.69, 9.17) is 9.84 Å². The SMILES string of the molecule is O=C(O)COc1ccc(C=Nn2c(-c3cccc(C(F)(F)F)c3)nc3ccccc3c2=O)cc1Br.